The average Bonchev–Trinajstić information content (AvgIpc) is 2.55. The third-order valence-electron chi connectivity index (χ3n) is 4.88. The lowest BCUT2D eigenvalue weighted by molar-refractivity contribution is -0.124. The fourth-order valence-electron chi connectivity index (χ4n) is 2.63. The molecule has 1 saturated carbocycles. The third kappa shape index (κ3) is 2.21. The molecular weight excluding hydrogens is 251 g/mol. The normalized spacial score (nSPS) is 24.8. The second-order valence-electron chi connectivity index (χ2n) is 6.90. The summed E-state index contributed by atoms with van der Waals surface area (Å²) in [7, 11) is -0.308. The zero-order chi connectivity index (χ0) is 14.5. The van der Waals surface area contributed by atoms with Crippen LogP contribution in [-0.4, -0.2) is 24.1 Å². The van der Waals surface area contributed by atoms with E-state index in [1.54, 1.807) is 0 Å². The fourth-order valence-corrected chi connectivity index (χ4v) is 2.63. The second kappa shape index (κ2) is 4.44. The van der Waals surface area contributed by atoms with Gasteiger partial charge in [0.25, 0.3) is 0 Å². The number of hydrogen-bond donors (Lipinski definition) is 0. The first-order valence-corrected chi connectivity index (χ1v) is 7.26. The minimum atomic E-state index is -0.309. The first-order chi connectivity index (χ1) is 9.28. The van der Waals surface area contributed by atoms with Crippen LogP contribution in [0.2, 0.25) is 0 Å². The number of benzene rings is 1. The molecule has 0 N–H and O–H groups in total. The first kappa shape index (κ1) is 13.8. The lowest BCUT2D eigenvalue weighted by Gasteiger charge is -2.32. The van der Waals surface area contributed by atoms with Crippen molar-refractivity contribution in [3.8, 4) is 0 Å². The SMILES string of the molecule is CC1(C)OB(c2ccc(C3CC(=O)C3)cc2)OC1(C)C. The van der Waals surface area contributed by atoms with Gasteiger partial charge in [-0.05, 0) is 44.6 Å². The van der Waals surface area contributed by atoms with Crippen molar-refractivity contribution in [3.05, 3.63) is 29.8 Å². The van der Waals surface area contributed by atoms with Crippen LogP contribution >= 0.6 is 0 Å². The topological polar surface area (TPSA) is 35.5 Å². The average molecular weight is 272 g/mol. The molecule has 1 aliphatic heterocycles. The Hall–Kier alpha value is -1.13. The van der Waals surface area contributed by atoms with Crippen molar-refractivity contribution in [2.45, 2.75) is 57.7 Å². The van der Waals surface area contributed by atoms with Crippen LogP contribution in [0.5, 0.6) is 0 Å². The highest BCUT2D eigenvalue weighted by Crippen LogP contribution is 2.37. The Morgan fingerprint density at radius 2 is 1.50 bits per heavy atom. The summed E-state index contributed by atoms with van der Waals surface area (Å²) >= 11 is 0. The van der Waals surface area contributed by atoms with Gasteiger partial charge in [0.1, 0.15) is 5.78 Å². The van der Waals surface area contributed by atoms with Crippen LogP contribution in [0.1, 0.15) is 52.0 Å². The Bertz CT molecular complexity index is 509. The minimum Gasteiger partial charge on any atom is -0.399 e. The van der Waals surface area contributed by atoms with Crippen LogP contribution in [-0.2, 0) is 14.1 Å². The summed E-state index contributed by atoms with van der Waals surface area (Å²) in [6.07, 6.45) is 1.38. The van der Waals surface area contributed by atoms with Crippen molar-refractivity contribution in [3.63, 3.8) is 0 Å². The van der Waals surface area contributed by atoms with Gasteiger partial charge in [-0.3, -0.25) is 4.79 Å². The maximum atomic E-state index is 11.1. The fraction of sp³-hybridized carbons (Fsp3) is 0.562. The predicted octanol–water partition coefficient (Wildman–Crippen LogP) is 2.43. The first-order valence-electron chi connectivity index (χ1n) is 7.26. The van der Waals surface area contributed by atoms with Gasteiger partial charge in [0.05, 0.1) is 11.2 Å². The largest absolute Gasteiger partial charge is 0.494 e. The molecule has 2 fully saturated rings. The predicted molar refractivity (Wildman–Crippen MR) is 79.1 cm³/mol. The standard InChI is InChI=1S/C16H21BO3/c1-15(2)16(3,4)20-17(19-15)13-7-5-11(6-8-13)12-9-14(18)10-12/h5-8,12H,9-10H2,1-4H3. The van der Waals surface area contributed by atoms with Gasteiger partial charge in [-0.25, -0.2) is 0 Å². The molecule has 20 heavy (non-hydrogen) atoms. The molecule has 2 aliphatic rings. The van der Waals surface area contributed by atoms with E-state index in [0.29, 0.717) is 24.5 Å². The zero-order valence-corrected chi connectivity index (χ0v) is 12.6. The lowest BCUT2D eigenvalue weighted by Crippen LogP contribution is -2.41. The number of rotatable bonds is 2. The van der Waals surface area contributed by atoms with E-state index < -0.39 is 0 Å². The third-order valence-corrected chi connectivity index (χ3v) is 4.88. The summed E-state index contributed by atoms with van der Waals surface area (Å²) in [5.74, 6) is 0.778. The Kier molecular flexibility index (Phi) is 3.07. The maximum Gasteiger partial charge on any atom is 0.494 e. The Balaban J connectivity index is 1.74. The van der Waals surface area contributed by atoms with Crippen LogP contribution in [0.3, 0.4) is 0 Å². The van der Waals surface area contributed by atoms with Gasteiger partial charge in [-0.1, -0.05) is 24.3 Å². The quantitative estimate of drug-likeness (QED) is 0.776. The second-order valence-corrected chi connectivity index (χ2v) is 6.90. The van der Waals surface area contributed by atoms with Gasteiger partial charge in [0, 0.05) is 12.8 Å². The summed E-state index contributed by atoms with van der Waals surface area (Å²) in [6, 6.07) is 8.30. The van der Waals surface area contributed by atoms with E-state index in [2.05, 4.69) is 52.0 Å². The molecule has 4 heteroatoms. The van der Waals surface area contributed by atoms with E-state index in [0.717, 1.165) is 5.46 Å². The van der Waals surface area contributed by atoms with Crippen molar-refractivity contribution >= 4 is 18.4 Å². The van der Waals surface area contributed by atoms with Gasteiger partial charge in [0.15, 0.2) is 0 Å². The van der Waals surface area contributed by atoms with E-state index in [1.165, 1.54) is 5.56 Å². The summed E-state index contributed by atoms with van der Waals surface area (Å²) in [5.41, 5.74) is 1.66. The molecule has 3 nitrogen and oxygen atoms in total. The lowest BCUT2D eigenvalue weighted by atomic mass is 9.75. The van der Waals surface area contributed by atoms with E-state index in [1.807, 2.05) is 0 Å². The van der Waals surface area contributed by atoms with Crippen molar-refractivity contribution in [1.29, 1.82) is 0 Å². The molecule has 1 aromatic rings. The van der Waals surface area contributed by atoms with Gasteiger partial charge in [-0.15, -0.1) is 0 Å². The highest BCUT2D eigenvalue weighted by molar-refractivity contribution is 6.62. The van der Waals surface area contributed by atoms with Crippen molar-refractivity contribution in [2.24, 2.45) is 0 Å². The van der Waals surface area contributed by atoms with Gasteiger partial charge in [-0.2, -0.15) is 0 Å². The minimum absolute atomic E-state index is 0.308. The van der Waals surface area contributed by atoms with Crippen molar-refractivity contribution in [1.82, 2.24) is 0 Å². The number of Topliss-reactive ketones (excluding diaryl/α,β-unsaturated/α-hetero) is 1. The van der Waals surface area contributed by atoms with Gasteiger partial charge < -0.3 is 9.31 Å². The Morgan fingerprint density at radius 1 is 1.00 bits per heavy atom. The monoisotopic (exact) mass is 272 g/mol. The highest BCUT2D eigenvalue weighted by atomic mass is 16.7. The molecule has 0 radical (unpaired) electrons. The molecule has 0 aromatic heterocycles. The van der Waals surface area contributed by atoms with Crippen LogP contribution < -0.4 is 5.46 Å². The zero-order valence-electron chi connectivity index (χ0n) is 12.6. The number of carbonyl (C=O) groups excluding carboxylic acids is 1. The van der Waals surface area contributed by atoms with E-state index in [-0.39, 0.29) is 18.3 Å². The Labute approximate surface area is 120 Å². The molecule has 0 bridgehead atoms. The van der Waals surface area contributed by atoms with Crippen molar-refractivity contribution in [2.75, 3.05) is 0 Å². The molecular formula is C16H21BO3. The molecule has 106 valence electrons. The van der Waals surface area contributed by atoms with E-state index in [9.17, 15) is 4.79 Å². The highest BCUT2D eigenvalue weighted by Gasteiger charge is 2.51. The molecule has 1 saturated heterocycles. The maximum absolute atomic E-state index is 11.1. The molecule has 1 aliphatic carbocycles. The van der Waals surface area contributed by atoms with Gasteiger partial charge >= 0.3 is 7.12 Å². The summed E-state index contributed by atoms with van der Waals surface area (Å²) < 4.78 is 12.1. The Morgan fingerprint density at radius 3 is 1.95 bits per heavy atom. The number of carbonyl (C=O) groups is 1. The van der Waals surface area contributed by atoms with Crippen LogP contribution in [0.15, 0.2) is 24.3 Å². The number of hydrogen-bond acceptors (Lipinski definition) is 3. The van der Waals surface area contributed by atoms with E-state index in [4.69, 9.17) is 9.31 Å². The molecule has 1 aromatic carbocycles. The molecule has 3 rings (SSSR count). The summed E-state index contributed by atoms with van der Waals surface area (Å²) in [4.78, 5) is 11.1. The summed E-state index contributed by atoms with van der Waals surface area (Å²) in [6.45, 7) is 8.23. The summed E-state index contributed by atoms with van der Waals surface area (Å²) in [5, 5.41) is 0. The van der Waals surface area contributed by atoms with E-state index >= 15 is 0 Å². The van der Waals surface area contributed by atoms with Crippen LogP contribution in [0.25, 0.3) is 0 Å². The van der Waals surface area contributed by atoms with Gasteiger partial charge in [0.2, 0.25) is 0 Å². The van der Waals surface area contributed by atoms with Crippen LogP contribution in [0, 0.1) is 0 Å². The molecule has 0 amide bonds. The number of ketones is 1. The smallest absolute Gasteiger partial charge is 0.399 e. The molecule has 1 heterocycles. The van der Waals surface area contributed by atoms with Crippen LogP contribution in [0.4, 0.5) is 0 Å². The molecule has 0 atom stereocenters. The molecule has 0 unspecified atom stereocenters. The molecule has 0 spiro atoms. The van der Waals surface area contributed by atoms with Crippen molar-refractivity contribution < 1.29 is 14.1 Å².